The van der Waals surface area contributed by atoms with Crippen LogP contribution in [0, 0.1) is 5.41 Å². The molecule has 6 rings (SSSR count). The van der Waals surface area contributed by atoms with Gasteiger partial charge in [0.1, 0.15) is 6.33 Å². The fraction of sp³-hybridized carbons (Fsp3) is 0.273. The molecule has 0 bridgehead atoms. The molecule has 1 atom stereocenters. The Bertz CT molecular complexity index is 1130. The van der Waals surface area contributed by atoms with Crippen molar-refractivity contribution in [1.29, 1.82) is 0 Å². The van der Waals surface area contributed by atoms with Crippen LogP contribution < -0.4 is 0 Å². The van der Waals surface area contributed by atoms with E-state index in [2.05, 4.69) is 47.3 Å². The van der Waals surface area contributed by atoms with Gasteiger partial charge in [0.05, 0.1) is 17.9 Å². The second-order valence-corrected chi connectivity index (χ2v) is 8.09. The van der Waals surface area contributed by atoms with Gasteiger partial charge >= 0.3 is 0 Å². The predicted molar refractivity (Wildman–Crippen MR) is 102 cm³/mol. The van der Waals surface area contributed by atoms with Crippen molar-refractivity contribution < 1.29 is 0 Å². The highest BCUT2D eigenvalue weighted by Crippen LogP contribution is 2.78. The molecule has 2 saturated carbocycles. The summed E-state index contributed by atoms with van der Waals surface area (Å²) in [6.07, 6.45) is 9.94. The third-order valence-electron chi connectivity index (χ3n) is 6.64. The van der Waals surface area contributed by atoms with Gasteiger partial charge in [-0.1, -0.05) is 37.3 Å². The monoisotopic (exact) mass is 340 g/mol. The van der Waals surface area contributed by atoms with Crippen LogP contribution in [0.15, 0.2) is 67.3 Å². The van der Waals surface area contributed by atoms with Gasteiger partial charge in [-0.25, -0.2) is 9.67 Å². The van der Waals surface area contributed by atoms with Crippen molar-refractivity contribution in [3.63, 3.8) is 0 Å². The SMILES string of the molecule is C[C@]1(c2ccc3cnn(-c4cn(-c5ccccc5)cn4)c3c2)CC12CC2. The Morgan fingerprint density at radius 1 is 1.04 bits per heavy atom. The highest BCUT2D eigenvalue weighted by atomic mass is 15.3. The van der Waals surface area contributed by atoms with E-state index in [0.29, 0.717) is 10.8 Å². The van der Waals surface area contributed by atoms with E-state index < -0.39 is 0 Å². The molecular formula is C22H20N4. The summed E-state index contributed by atoms with van der Waals surface area (Å²) >= 11 is 0. The van der Waals surface area contributed by atoms with Gasteiger partial charge in [0, 0.05) is 11.1 Å². The van der Waals surface area contributed by atoms with Crippen LogP contribution in [0.1, 0.15) is 31.7 Å². The number of hydrogen-bond donors (Lipinski definition) is 0. The summed E-state index contributed by atoms with van der Waals surface area (Å²) in [5.41, 5.74) is 4.67. The maximum atomic E-state index is 4.61. The van der Waals surface area contributed by atoms with Crippen molar-refractivity contribution in [3.05, 3.63) is 72.8 Å². The van der Waals surface area contributed by atoms with Crippen LogP contribution in [0.4, 0.5) is 0 Å². The Hall–Kier alpha value is -2.88. The molecule has 0 saturated heterocycles. The lowest BCUT2D eigenvalue weighted by Gasteiger charge is -2.12. The molecule has 0 aliphatic heterocycles. The van der Waals surface area contributed by atoms with E-state index in [4.69, 9.17) is 0 Å². The fourth-order valence-corrected chi connectivity index (χ4v) is 4.63. The second-order valence-electron chi connectivity index (χ2n) is 8.09. The predicted octanol–water partition coefficient (Wildman–Crippen LogP) is 4.65. The van der Waals surface area contributed by atoms with Gasteiger partial charge in [0.15, 0.2) is 5.82 Å². The van der Waals surface area contributed by atoms with Gasteiger partial charge < -0.3 is 4.57 Å². The standard InChI is InChI=1S/C22H20N4/c1-21(14-22(21)9-10-22)17-8-7-16-12-24-26(19(16)11-17)20-13-25(15-23-20)18-5-3-2-4-6-18/h2-8,11-13,15H,9-10,14H2,1H3/t21-/m1/s1. The average Bonchev–Trinajstić information content (AvgIpc) is 3.40. The fourth-order valence-electron chi connectivity index (χ4n) is 4.63. The van der Waals surface area contributed by atoms with Gasteiger partial charge in [-0.2, -0.15) is 5.10 Å². The zero-order valence-corrected chi connectivity index (χ0v) is 14.8. The number of aromatic nitrogens is 4. The molecule has 2 fully saturated rings. The van der Waals surface area contributed by atoms with Gasteiger partial charge in [-0.3, -0.25) is 0 Å². The quantitative estimate of drug-likeness (QED) is 0.544. The van der Waals surface area contributed by atoms with Crippen LogP contribution >= 0.6 is 0 Å². The summed E-state index contributed by atoms with van der Waals surface area (Å²) < 4.78 is 4.00. The molecule has 2 aromatic carbocycles. The van der Waals surface area contributed by atoms with E-state index in [1.807, 2.05) is 46.2 Å². The van der Waals surface area contributed by atoms with Crippen LogP contribution in [0.2, 0.25) is 0 Å². The lowest BCUT2D eigenvalue weighted by atomic mass is 9.94. The molecule has 26 heavy (non-hydrogen) atoms. The first kappa shape index (κ1) is 14.3. The van der Waals surface area contributed by atoms with Gasteiger partial charge in [0.25, 0.3) is 0 Å². The van der Waals surface area contributed by atoms with Crippen molar-refractivity contribution >= 4 is 10.9 Å². The second kappa shape index (κ2) is 4.64. The largest absolute Gasteiger partial charge is 0.304 e. The molecule has 0 radical (unpaired) electrons. The van der Waals surface area contributed by atoms with Gasteiger partial charge in [-0.15, -0.1) is 0 Å². The Balaban J connectivity index is 1.44. The van der Waals surface area contributed by atoms with Crippen molar-refractivity contribution in [2.75, 3.05) is 0 Å². The third-order valence-corrected chi connectivity index (χ3v) is 6.64. The molecule has 2 heterocycles. The average molecular weight is 340 g/mol. The molecule has 1 spiro atoms. The zero-order chi connectivity index (χ0) is 17.4. The minimum absolute atomic E-state index is 0.361. The first-order chi connectivity index (χ1) is 12.7. The highest BCUT2D eigenvalue weighted by Gasteiger charge is 2.71. The third kappa shape index (κ3) is 1.84. The molecule has 0 amide bonds. The van der Waals surface area contributed by atoms with Crippen molar-refractivity contribution in [1.82, 2.24) is 19.3 Å². The summed E-state index contributed by atoms with van der Waals surface area (Å²) in [5.74, 6) is 0.850. The minimum Gasteiger partial charge on any atom is -0.304 e. The van der Waals surface area contributed by atoms with E-state index >= 15 is 0 Å². The highest BCUT2D eigenvalue weighted by molar-refractivity contribution is 5.81. The van der Waals surface area contributed by atoms with Crippen molar-refractivity contribution in [3.8, 4) is 11.5 Å². The maximum Gasteiger partial charge on any atom is 0.172 e. The number of para-hydroxylation sites is 1. The van der Waals surface area contributed by atoms with E-state index in [1.165, 1.54) is 24.8 Å². The van der Waals surface area contributed by atoms with E-state index in [9.17, 15) is 0 Å². The topological polar surface area (TPSA) is 35.6 Å². The van der Waals surface area contributed by atoms with Gasteiger partial charge in [0.2, 0.25) is 0 Å². The van der Waals surface area contributed by atoms with Crippen molar-refractivity contribution in [2.45, 2.75) is 31.6 Å². The Morgan fingerprint density at radius 3 is 2.65 bits per heavy atom. The number of benzene rings is 2. The molecule has 4 nitrogen and oxygen atoms in total. The van der Waals surface area contributed by atoms with Gasteiger partial charge in [-0.05, 0) is 53.9 Å². The zero-order valence-electron chi connectivity index (χ0n) is 14.8. The van der Waals surface area contributed by atoms with E-state index in [-0.39, 0.29) is 0 Å². The van der Waals surface area contributed by atoms with Crippen molar-refractivity contribution in [2.24, 2.45) is 5.41 Å². The number of nitrogens with zero attached hydrogens (tertiary/aromatic N) is 4. The molecule has 2 aliphatic carbocycles. The molecule has 2 aliphatic rings. The summed E-state index contributed by atoms with van der Waals surface area (Å²) in [5, 5.41) is 5.77. The van der Waals surface area contributed by atoms with Crippen LogP contribution in [0.3, 0.4) is 0 Å². The lowest BCUT2D eigenvalue weighted by Crippen LogP contribution is -2.05. The minimum atomic E-state index is 0.361. The Labute approximate surface area is 152 Å². The lowest BCUT2D eigenvalue weighted by molar-refractivity contribution is 0.660. The molecule has 128 valence electrons. The summed E-state index contributed by atoms with van der Waals surface area (Å²) in [6.45, 7) is 2.42. The maximum absolute atomic E-state index is 4.61. The summed E-state index contributed by atoms with van der Waals surface area (Å²) in [7, 11) is 0. The van der Waals surface area contributed by atoms with Crippen LogP contribution in [-0.2, 0) is 5.41 Å². The number of imidazole rings is 1. The number of rotatable bonds is 3. The molecular weight excluding hydrogens is 320 g/mol. The van der Waals surface area contributed by atoms with Crippen LogP contribution in [-0.4, -0.2) is 19.3 Å². The van der Waals surface area contributed by atoms with Crippen LogP contribution in [0.5, 0.6) is 0 Å². The van der Waals surface area contributed by atoms with Crippen LogP contribution in [0.25, 0.3) is 22.4 Å². The van der Waals surface area contributed by atoms with E-state index in [1.54, 1.807) is 0 Å². The Morgan fingerprint density at radius 2 is 1.88 bits per heavy atom. The van der Waals surface area contributed by atoms with E-state index in [0.717, 1.165) is 22.4 Å². The summed E-state index contributed by atoms with van der Waals surface area (Å²) in [6, 6.07) is 17.1. The first-order valence-corrected chi connectivity index (χ1v) is 9.27. The molecule has 2 aromatic heterocycles. The summed E-state index contributed by atoms with van der Waals surface area (Å²) in [4.78, 5) is 4.60. The normalized spacial score (nSPS) is 22.8. The first-order valence-electron chi connectivity index (χ1n) is 9.27. The molecule has 0 N–H and O–H groups in total. The number of hydrogen-bond acceptors (Lipinski definition) is 2. The molecule has 4 heteroatoms. The molecule has 0 unspecified atom stereocenters. The number of fused-ring (bicyclic) bond motifs is 1. The Kier molecular flexibility index (Phi) is 2.55. The smallest absolute Gasteiger partial charge is 0.172 e. The molecule has 4 aromatic rings.